The number of thioether (sulfide) groups is 1. The smallest absolute Gasteiger partial charge is 0.326 e. The van der Waals surface area contributed by atoms with Gasteiger partial charge in [0.05, 0.1) is 6.04 Å². The lowest BCUT2D eigenvalue weighted by molar-refractivity contribution is -0.143. The van der Waals surface area contributed by atoms with Crippen molar-refractivity contribution < 1.29 is 29.1 Å². The molecule has 0 heterocycles. The van der Waals surface area contributed by atoms with Crippen LogP contribution >= 0.6 is 11.8 Å². The van der Waals surface area contributed by atoms with Crippen LogP contribution in [0.25, 0.3) is 0 Å². The van der Waals surface area contributed by atoms with Crippen LogP contribution in [0.1, 0.15) is 52.4 Å². The van der Waals surface area contributed by atoms with E-state index in [1.54, 1.807) is 13.8 Å². The summed E-state index contributed by atoms with van der Waals surface area (Å²) in [7, 11) is 0. The number of hydrogen-bond acceptors (Lipinski definition) is 8. The Morgan fingerprint density at radius 1 is 0.882 bits per heavy atom. The Morgan fingerprint density at radius 2 is 1.44 bits per heavy atom. The lowest BCUT2D eigenvalue weighted by Crippen LogP contribution is -2.57. The van der Waals surface area contributed by atoms with Gasteiger partial charge in [-0.25, -0.2) is 4.79 Å². The van der Waals surface area contributed by atoms with Crippen molar-refractivity contribution in [2.24, 2.45) is 23.1 Å². The molecule has 4 unspecified atom stereocenters. The van der Waals surface area contributed by atoms with Crippen molar-refractivity contribution in [3.8, 4) is 0 Å². The zero-order valence-electron chi connectivity index (χ0n) is 20.2. The first-order chi connectivity index (χ1) is 15.9. The first-order valence-electron chi connectivity index (χ1n) is 11.3. The van der Waals surface area contributed by atoms with Gasteiger partial charge in [0.15, 0.2) is 0 Å². The molecule has 196 valence electrons. The lowest BCUT2D eigenvalue weighted by Gasteiger charge is -2.26. The number of primary amides is 1. The monoisotopic (exact) mass is 504 g/mol. The first kappa shape index (κ1) is 31.6. The Hall–Kier alpha value is -2.38. The van der Waals surface area contributed by atoms with Crippen LogP contribution in [-0.2, 0) is 24.0 Å². The van der Waals surface area contributed by atoms with Gasteiger partial charge in [-0.2, -0.15) is 11.8 Å². The summed E-state index contributed by atoms with van der Waals surface area (Å²) in [4.78, 5) is 60.7. The highest BCUT2D eigenvalue weighted by Gasteiger charge is 2.31. The fourth-order valence-electron chi connectivity index (χ4n) is 3.01. The Kier molecular flexibility index (Phi) is 15.9. The van der Waals surface area contributed by atoms with Crippen LogP contribution in [0.2, 0.25) is 0 Å². The van der Waals surface area contributed by atoms with Crippen LogP contribution in [0.3, 0.4) is 0 Å². The molecule has 13 heteroatoms. The number of aliphatic carboxylic acids is 1. The molecule has 10 N–H and O–H groups in total. The fourth-order valence-corrected chi connectivity index (χ4v) is 3.48. The Morgan fingerprint density at radius 3 is 1.94 bits per heavy atom. The minimum absolute atomic E-state index is 0.0356. The van der Waals surface area contributed by atoms with Crippen molar-refractivity contribution in [2.45, 2.75) is 76.5 Å². The third-order valence-corrected chi connectivity index (χ3v) is 5.74. The summed E-state index contributed by atoms with van der Waals surface area (Å²) in [6.07, 6.45) is 3.49. The third-order valence-electron chi connectivity index (χ3n) is 5.09. The second-order valence-corrected chi connectivity index (χ2v) is 9.35. The molecule has 0 fully saturated rings. The first-order valence-corrected chi connectivity index (χ1v) is 12.7. The van der Waals surface area contributed by atoms with Crippen molar-refractivity contribution in [1.82, 2.24) is 16.0 Å². The van der Waals surface area contributed by atoms with E-state index in [1.807, 2.05) is 6.26 Å². The molecule has 0 radical (unpaired) electrons. The molecular weight excluding hydrogens is 464 g/mol. The Labute approximate surface area is 204 Å². The average molecular weight is 505 g/mol. The van der Waals surface area contributed by atoms with Gasteiger partial charge in [0.2, 0.25) is 23.6 Å². The van der Waals surface area contributed by atoms with E-state index in [0.29, 0.717) is 25.1 Å². The quantitative estimate of drug-likeness (QED) is 0.110. The highest BCUT2D eigenvalue weighted by Crippen LogP contribution is 2.08. The maximum Gasteiger partial charge on any atom is 0.326 e. The van der Waals surface area contributed by atoms with Gasteiger partial charge in [-0.05, 0) is 56.6 Å². The molecule has 0 aliphatic carbocycles. The highest BCUT2D eigenvalue weighted by atomic mass is 32.2. The molecule has 4 atom stereocenters. The molecule has 0 saturated heterocycles. The van der Waals surface area contributed by atoms with Gasteiger partial charge >= 0.3 is 5.97 Å². The minimum Gasteiger partial charge on any atom is -0.480 e. The summed E-state index contributed by atoms with van der Waals surface area (Å²) >= 11 is 1.47. The van der Waals surface area contributed by atoms with Gasteiger partial charge in [-0.3, -0.25) is 19.2 Å². The highest BCUT2D eigenvalue weighted by molar-refractivity contribution is 7.98. The number of carbonyl (C=O) groups is 5. The Balaban J connectivity index is 5.43. The third kappa shape index (κ3) is 12.8. The molecule has 0 saturated carbocycles. The van der Waals surface area contributed by atoms with Crippen molar-refractivity contribution in [3.63, 3.8) is 0 Å². The molecule has 0 aliphatic heterocycles. The standard InChI is InChI=1S/C21H40N6O6S/c1-12(2)17(21(32)33)27-20(31)14(6-4-5-10-22)26-19(30)15(9-11-34-3)25-18(29)13(23)7-8-16(24)28/h12-15,17H,4-11,22-23H2,1-3H3,(H2,24,28)(H,25,29)(H,26,30)(H,27,31)(H,32,33). The fraction of sp³-hybridized carbons (Fsp3) is 0.762. The molecule has 0 spiro atoms. The molecule has 0 aromatic heterocycles. The summed E-state index contributed by atoms with van der Waals surface area (Å²) in [6.45, 7) is 3.73. The molecule has 0 aromatic rings. The van der Waals surface area contributed by atoms with Gasteiger partial charge in [-0.15, -0.1) is 0 Å². The number of carbonyl (C=O) groups excluding carboxylic acids is 4. The summed E-state index contributed by atoms with van der Waals surface area (Å²) in [5.41, 5.74) is 16.4. The second kappa shape index (κ2) is 17.1. The van der Waals surface area contributed by atoms with Gasteiger partial charge < -0.3 is 38.3 Å². The van der Waals surface area contributed by atoms with E-state index < -0.39 is 53.8 Å². The number of carboxylic acid groups (broad SMARTS) is 1. The van der Waals surface area contributed by atoms with Crippen LogP contribution in [0.5, 0.6) is 0 Å². The normalized spacial score (nSPS) is 14.5. The molecule has 4 amide bonds. The number of hydrogen-bond donors (Lipinski definition) is 7. The number of nitrogens with one attached hydrogen (secondary N) is 3. The molecular formula is C21H40N6O6S. The summed E-state index contributed by atoms with van der Waals surface area (Å²) in [6, 6.07) is -4.11. The number of nitrogens with two attached hydrogens (primary N) is 3. The second-order valence-electron chi connectivity index (χ2n) is 8.37. The summed E-state index contributed by atoms with van der Waals surface area (Å²) in [5.74, 6) is -3.41. The predicted octanol–water partition coefficient (Wildman–Crippen LogP) is -1.34. The SMILES string of the molecule is CSCCC(NC(=O)C(N)CCC(N)=O)C(=O)NC(CCCCN)C(=O)NC(C(=O)O)C(C)C. The number of unbranched alkanes of at least 4 members (excludes halogenated alkanes) is 1. The van der Waals surface area contributed by atoms with Crippen LogP contribution in [-0.4, -0.2) is 77.4 Å². The molecule has 0 rings (SSSR count). The zero-order valence-corrected chi connectivity index (χ0v) is 21.0. The van der Waals surface area contributed by atoms with Crippen molar-refractivity contribution >= 4 is 41.4 Å². The Bertz CT molecular complexity index is 693. The van der Waals surface area contributed by atoms with Gasteiger partial charge in [-0.1, -0.05) is 13.8 Å². The van der Waals surface area contributed by atoms with Crippen LogP contribution < -0.4 is 33.2 Å². The van der Waals surface area contributed by atoms with Crippen LogP contribution in [0.4, 0.5) is 0 Å². The largest absolute Gasteiger partial charge is 0.480 e. The zero-order chi connectivity index (χ0) is 26.3. The lowest BCUT2D eigenvalue weighted by atomic mass is 10.0. The van der Waals surface area contributed by atoms with Gasteiger partial charge in [0.1, 0.15) is 18.1 Å². The topological polar surface area (TPSA) is 220 Å². The van der Waals surface area contributed by atoms with E-state index in [1.165, 1.54) is 11.8 Å². The molecule has 34 heavy (non-hydrogen) atoms. The average Bonchev–Trinajstić information content (AvgIpc) is 2.76. The summed E-state index contributed by atoms with van der Waals surface area (Å²) in [5, 5.41) is 17.1. The number of amides is 4. The van der Waals surface area contributed by atoms with Crippen molar-refractivity contribution in [1.29, 1.82) is 0 Å². The molecule has 0 aromatic carbocycles. The van der Waals surface area contributed by atoms with Gasteiger partial charge in [0, 0.05) is 6.42 Å². The van der Waals surface area contributed by atoms with Gasteiger partial charge in [0.25, 0.3) is 0 Å². The molecule has 12 nitrogen and oxygen atoms in total. The van der Waals surface area contributed by atoms with Crippen LogP contribution in [0.15, 0.2) is 0 Å². The predicted molar refractivity (Wildman–Crippen MR) is 131 cm³/mol. The van der Waals surface area contributed by atoms with Crippen molar-refractivity contribution in [2.75, 3.05) is 18.6 Å². The minimum atomic E-state index is -1.18. The molecule has 0 bridgehead atoms. The van der Waals surface area contributed by atoms with Crippen LogP contribution in [0, 0.1) is 5.92 Å². The molecule has 0 aliphatic rings. The van der Waals surface area contributed by atoms with E-state index in [0.717, 1.165) is 0 Å². The summed E-state index contributed by atoms with van der Waals surface area (Å²) < 4.78 is 0. The van der Waals surface area contributed by atoms with E-state index in [-0.39, 0.29) is 31.6 Å². The number of carboxylic acids is 1. The number of rotatable bonds is 18. The maximum absolute atomic E-state index is 13.0. The van der Waals surface area contributed by atoms with E-state index in [4.69, 9.17) is 17.2 Å². The van der Waals surface area contributed by atoms with E-state index in [9.17, 15) is 29.1 Å². The van der Waals surface area contributed by atoms with E-state index >= 15 is 0 Å². The maximum atomic E-state index is 13.0. The van der Waals surface area contributed by atoms with E-state index in [2.05, 4.69) is 16.0 Å². The van der Waals surface area contributed by atoms with Crippen molar-refractivity contribution in [3.05, 3.63) is 0 Å².